The van der Waals surface area contributed by atoms with Crippen molar-refractivity contribution in [3.05, 3.63) is 0 Å². The van der Waals surface area contributed by atoms with Gasteiger partial charge in [-0.05, 0) is 54.4 Å². The van der Waals surface area contributed by atoms with Crippen LogP contribution in [0.5, 0.6) is 0 Å². The molecule has 1 unspecified atom stereocenters. The van der Waals surface area contributed by atoms with Crippen molar-refractivity contribution in [3.63, 3.8) is 0 Å². The maximum absolute atomic E-state index is 12.4. The minimum atomic E-state index is -0.825. The Hall–Kier alpha value is -2.17. The van der Waals surface area contributed by atoms with Gasteiger partial charge in [-0.3, -0.25) is 9.69 Å². The first kappa shape index (κ1) is 26.9. The maximum Gasteiger partial charge on any atom is 0.441 e. The molecule has 10 nitrogen and oxygen atoms in total. The molecular formula is C20H35N3O7S. The van der Waals surface area contributed by atoms with Gasteiger partial charge < -0.3 is 19.6 Å². The summed E-state index contributed by atoms with van der Waals surface area (Å²) >= 11 is 1.51. The number of unbranched alkanes of at least 4 members (excludes halogenated alkanes) is 2. The van der Waals surface area contributed by atoms with Crippen LogP contribution in [0.3, 0.4) is 0 Å². The van der Waals surface area contributed by atoms with Crippen molar-refractivity contribution in [2.24, 2.45) is 0 Å². The molecule has 0 bridgehead atoms. The second kappa shape index (κ2) is 12.0. The van der Waals surface area contributed by atoms with E-state index in [0.717, 1.165) is 0 Å². The lowest BCUT2D eigenvalue weighted by molar-refractivity contribution is -0.150. The van der Waals surface area contributed by atoms with Crippen LogP contribution in [0.4, 0.5) is 9.59 Å². The Morgan fingerprint density at radius 1 is 0.968 bits per heavy atom. The zero-order valence-corrected chi connectivity index (χ0v) is 20.1. The van der Waals surface area contributed by atoms with Gasteiger partial charge >= 0.3 is 18.2 Å². The highest BCUT2D eigenvalue weighted by molar-refractivity contribution is 7.99. The highest BCUT2D eigenvalue weighted by Crippen LogP contribution is 2.23. The fraction of sp³-hybridized carbons (Fsp3) is 0.800. The number of rotatable bonds is 7. The molecule has 0 radical (unpaired) electrons. The van der Waals surface area contributed by atoms with Crippen LogP contribution in [-0.4, -0.2) is 64.4 Å². The summed E-state index contributed by atoms with van der Waals surface area (Å²) in [5.74, 6) is 0.177. The summed E-state index contributed by atoms with van der Waals surface area (Å²) in [6, 6.07) is -0.547. The van der Waals surface area contributed by atoms with Gasteiger partial charge in [0.1, 0.15) is 17.2 Å². The molecule has 31 heavy (non-hydrogen) atoms. The summed E-state index contributed by atoms with van der Waals surface area (Å²) in [5.41, 5.74) is 0.658. The van der Waals surface area contributed by atoms with E-state index < -0.39 is 35.4 Å². The van der Waals surface area contributed by atoms with E-state index in [2.05, 4.69) is 10.2 Å². The van der Waals surface area contributed by atoms with E-state index in [9.17, 15) is 19.2 Å². The maximum atomic E-state index is 12.4. The number of nitrogens with zero attached hydrogens (tertiary/aromatic N) is 1. The SMILES string of the molecule is CC(C)(C)OC(=O)NOC(=O)CCCCCNC(=O)C1CSCN1C(=O)OC(C)(C)C. The van der Waals surface area contributed by atoms with Gasteiger partial charge in [-0.2, -0.15) is 0 Å². The van der Waals surface area contributed by atoms with Crippen molar-refractivity contribution in [2.45, 2.75) is 84.5 Å². The zero-order chi connectivity index (χ0) is 23.7. The van der Waals surface area contributed by atoms with E-state index in [1.807, 2.05) is 5.48 Å². The topological polar surface area (TPSA) is 123 Å². The van der Waals surface area contributed by atoms with Crippen molar-refractivity contribution in [2.75, 3.05) is 18.2 Å². The van der Waals surface area contributed by atoms with E-state index >= 15 is 0 Å². The Bertz CT molecular complexity index is 644. The van der Waals surface area contributed by atoms with Crippen LogP contribution in [-0.2, 0) is 23.9 Å². The number of carbonyl (C=O) groups excluding carboxylic acids is 4. The van der Waals surface area contributed by atoms with Crippen LogP contribution < -0.4 is 10.8 Å². The van der Waals surface area contributed by atoms with Gasteiger partial charge in [-0.15, -0.1) is 17.2 Å². The molecule has 0 aromatic heterocycles. The van der Waals surface area contributed by atoms with Crippen molar-refractivity contribution in [3.8, 4) is 0 Å². The lowest BCUT2D eigenvalue weighted by atomic mass is 10.2. The van der Waals surface area contributed by atoms with Crippen LogP contribution in [0.25, 0.3) is 0 Å². The Morgan fingerprint density at radius 3 is 2.23 bits per heavy atom. The second-order valence-corrected chi connectivity index (χ2v) is 10.1. The molecular weight excluding hydrogens is 426 g/mol. The highest BCUT2D eigenvalue weighted by Gasteiger charge is 2.36. The molecule has 1 heterocycles. The Labute approximate surface area is 188 Å². The molecule has 0 saturated carbocycles. The third kappa shape index (κ3) is 11.7. The first-order chi connectivity index (χ1) is 14.3. The van der Waals surface area contributed by atoms with E-state index in [-0.39, 0.29) is 12.3 Å². The molecule has 1 fully saturated rings. The van der Waals surface area contributed by atoms with Crippen molar-refractivity contribution in [1.29, 1.82) is 0 Å². The highest BCUT2D eigenvalue weighted by atomic mass is 32.2. The van der Waals surface area contributed by atoms with Gasteiger partial charge in [0, 0.05) is 18.7 Å². The van der Waals surface area contributed by atoms with Crippen LogP contribution in [0.15, 0.2) is 0 Å². The van der Waals surface area contributed by atoms with Crippen molar-refractivity contribution < 1.29 is 33.5 Å². The molecule has 2 N–H and O–H groups in total. The Balaban J connectivity index is 2.19. The van der Waals surface area contributed by atoms with E-state index in [1.165, 1.54) is 16.7 Å². The number of hydrogen-bond donors (Lipinski definition) is 2. The molecule has 1 rings (SSSR count). The molecule has 3 amide bonds. The lowest BCUT2D eigenvalue weighted by Crippen LogP contribution is -2.48. The monoisotopic (exact) mass is 461 g/mol. The number of nitrogens with one attached hydrogen (secondary N) is 2. The molecule has 0 aliphatic carbocycles. The Kier molecular flexibility index (Phi) is 10.4. The minimum absolute atomic E-state index is 0.134. The quantitative estimate of drug-likeness (QED) is 0.337. The van der Waals surface area contributed by atoms with Gasteiger partial charge in [0.05, 0.1) is 5.88 Å². The van der Waals surface area contributed by atoms with Crippen LogP contribution in [0.1, 0.15) is 67.2 Å². The zero-order valence-electron chi connectivity index (χ0n) is 19.2. The average molecular weight is 462 g/mol. The van der Waals surface area contributed by atoms with E-state index in [4.69, 9.17) is 9.47 Å². The molecule has 0 aromatic rings. The molecule has 1 aliphatic heterocycles. The average Bonchev–Trinajstić information content (AvgIpc) is 3.10. The molecule has 0 spiro atoms. The number of thioether (sulfide) groups is 1. The summed E-state index contributed by atoms with van der Waals surface area (Å²) < 4.78 is 10.3. The first-order valence-corrected chi connectivity index (χ1v) is 11.5. The first-order valence-electron chi connectivity index (χ1n) is 10.3. The predicted molar refractivity (Wildman–Crippen MR) is 116 cm³/mol. The van der Waals surface area contributed by atoms with E-state index in [1.54, 1.807) is 41.5 Å². The lowest BCUT2D eigenvalue weighted by Gasteiger charge is -2.27. The van der Waals surface area contributed by atoms with Gasteiger partial charge in [0.15, 0.2) is 0 Å². The normalized spacial score (nSPS) is 16.5. The van der Waals surface area contributed by atoms with Gasteiger partial charge in [0.2, 0.25) is 5.91 Å². The summed E-state index contributed by atoms with van der Waals surface area (Å²) in [5, 5.41) is 2.83. The molecule has 1 aliphatic rings. The number of hydroxylamine groups is 1. The van der Waals surface area contributed by atoms with Crippen molar-refractivity contribution >= 4 is 35.8 Å². The third-order valence-corrected chi connectivity index (χ3v) is 4.83. The van der Waals surface area contributed by atoms with Gasteiger partial charge in [0.25, 0.3) is 0 Å². The number of carbonyl (C=O) groups is 4. The van der Waals surface area contributed by atoms with Gasteiger partial charge in [-0.25, -0.2) is 14.4 Å². The summed E-state index contributed by atoms with van der Waals surface area (Å²) in [6.45, 7) is 10.9. The molecule has 178 valence electrons. The molecule has 1 saturated heterocycles. The number of hydrogen-bond acceptors (Lipinski definition) is 8. The Morgan fingerprint density at radius 2 is 1.61 bits per heavy atom. The summed E-state index contributed by atoms with van der Waals surface area (Å²) in [7, 11) is 0. The fourth-order valence-corrected chi connectivity index (χ4v) is 3.65. The van der Waals surface area contributed by atoms with Gasteiger partial charge in [-0.1, -0.05) is 6.42 Å². The molecule has 11 heteroatoms. The number of ether oxygens (including phenoxy) is 2. The summed E-state index contributed by atoms with van der Waals surface area (Å²) in [6.07, 6.45) is 0.732. The minimum Gasteiger partial charge on any atom is -0.444 e. The van der Waals surface area contributed by atoms with Crippen molar-refractivity contribution in [1.82, 2.24) is 15.7 Å². The van der Waals surface area contributed by atoms with E-state index in [0.29, 0.717) is 37.4 Å². The van der Waals surface area contributed by atoms with Crippen LogP contribution in [0.2, 0.25) is 0 Å². The van der Waals surface area contributed by atoms with Crippen LogP contribution >= 0.6 is 11.8 Å². The fourth-order valence-electron chi connectivity index (χ4n) is 2.51. The summed E-state index contributed by atoms with van der Waals surface area (Å²) in [4.78, 5) is 53.8. The molecule has 1 atom stereocenters. The standard InChI is InChI=1S/C20H35N3O7S/c1-19(2,3)28-17(26)22-30-15(24)10-8-7-9-11-21-16(25)14-12-31-13-23(14)18(27)29-20(4,5)6/h14H,7-13H2,1-6H3,(H,21,25)(H,22,26). The van der Waals surface area contributed by atoms with Crippen LogP contribution in [0, 0.1) is 0 Å². The third-order valence-electron chi connectivity index (χ3n) is 3.82. The predicted octanol–water partition coefficient (Wildman–Crippen LogP) is 2.96. The second-order valence-electron chi connectivity index (χ2n) is 9.15. The molecule has 0 aromatic carbocycles. The largest absolute Gasteiger partial charge is 0.444 e. The smallest absolute Gasteiger partial charge is 0.441 e. The number of amides is 3.